The molecule has 0 saturated heterocycles. The van der Waals surface area contributed by atoms with Crippen LogP contribution >= 0.6 is 11.6 Å². The van der Waals surface area contributed by atoms with Gasteiger partial charge in [-0.1, -0.05) is 54.1 Å². The van der Waals surface area contributed by atoms with Crippen LogP contribution in [0.2, 0.25) is 5.02 Å². The van der Waals surface area contributed by atoms with Crippen molar-refractivity contribution in [1.29, 1.82) is 0 Å². The molecule has 1 aliphatic heterocycles. The van der Waals surface area contributed by atoms with Crippen LogP contribution in [-0.2, 0) is 25.7 Å². The first-order chi connectivity index (χ1) is 19.4. The SMILES string of the molecule is CC(C)(C)NC(=O)[C@H](c1ccc(F)cc1)N(Cc1ccccc1Cl)C(=O)CCC(=O)N1CC(=O)Nc2ccccc21. The Bertz CT molecular complexity index is 1450. The fourth-order valence-corrected chi connectivity index (χ4v) is 4.83. The van der Waals surface area contributed by atoms with Crippen molar-refractivity contribution < 1.29 is 23.6 Å². The lowest BCUT2D eigenvalue weighted by Crippen LogP contribution is -2.49. The summed E-state index contributed by atoms with van der Waals surface area (Å²) in [5.41, 5.74) is 1.45. The summed E-state index contributed by atoms with van der Waals surface area (Å²) in [6.07, 6.45) is -0.430. The van der Waals surface area contributed by atoms with Crippen molar-refractivity contribution in [3.05, 3.63) is 94.8 Å². The molecule has 2 N–H and O–H groups in total. The fourth-order valence-electron chi connectivity index (χ4n) is 4.64. The van der Waals surface area contributed by atoms with Crippen molar-refractivity contribution in [3.8, 4) is 0 Å². The van der Waals surface area contributed by atoms with Crippen LogP contribution in [0.15, 0.2) is 72.8 Å². The third kappa shape index (κ3) is 7.49. The van der Waals surface area contributed by atoms with Gasteiger partial charge in [0.25, 0.3) is 0 Å². The first-order valence-electron chi connectivity index (χ1n) is 13.2. The van der Waals surface area contributed by atoms with E-state index < -0.39 is 35.1 Å². The molecule has 1 aliphatic rings. The van der Waals surface area contributed by atoms with Gasteiger partial charge in [0, 0.05) is 29.9 Å². The second-order valence-corrected chi connectivity index (χ2v) is 11.3. The minimum Gasteiger partial charge on any atom is -0.349 e. The van der Waals surface area contributed by atoms with Crippen molar-refractivity contribution in [3.63, 3.8) is 0 Å². The normalized spacial score (nSPS) is 13.6. The van der Waals surface area contributed by atoms with E-state index in [9.17, 15) is 23.6 Å². The molecule has 0 saturated carbocycles. The van der Waals surface area contributed by atoms with E-state index in [1.165, 1.54) is 34.1 Å². The quantitative estimate of drug-likeness (QED) is 0.382. The lowest BCUT2D eigenvalue weighted by molar-refractivity contribution is -0.142. The van der Waals surface area contributed by atoms with Crippen molar-refractivity contribution in [2.24, 2.45) is 0 Å². The number of hydrogen-bond acceptors (Lipinski definition) is 4. The van der Waals surface area contributed by atoms with Crippen molar-refractivity contribution in [1.82, 2.24) is 10.2 Å². The van der Waals surface area contributed by atoms with Gasteiger partial charge < -0.3 is 20.4 Å². The van der Waals surface area contributed by atoms with Gasteiger partial charge in [0.15, 0.2) is 0 Å². The van der Waals surface area contributed by atoms with Crippen molar-refractivity contribution in [2.45, 2.75) is 51.7 Å². The molecule has 0 spiro atoms. The van der Waals surface area contributed by atoms with Gasteiger partial charge in [0.2, 0.25) is 23.6 Å². The van der Waals surface area contributed by atoms with E-state index in [0.717, 1.165) is 0 Å². The zero-order valence-corrected chi connectivity index (χ0v) is 23.9. The van der Waals surface area contributed by atoms with Gasteiger partial charge in [-0.2, -0.15) is 0 Å². The summed E-state index contributed by atoms with van der Waals surface area (Å²) in [5, 5.41) is 6.07. The molecule has 0 radical (unpaired) electrons. The van der Waals surface area contributed by atoms with Crippen LogP contribution in [0.5, 0.6) is 0 Å². The summed E-state index contributed by atoms with van der Waals surface area (Å²) in [4.78, 5) is 55.8. The van der Waals surface area contributed by atoms with E-state index in [4.69, 9.17) is 11.6 Å². The zero-order chi connectivity index (χ0) is 29.7. The summed E-state index contributed by atoms with van der Waals surface area (Å²) in [6, 6.07) is 18.1. The Morgan fingerprint density at radius 3 is 2.34 bits per heavy atom. The highest BCUT2D eigenvalue weighted by Crippen LogP contribution is 2.31. The van der Waals surface area contributed by atoms with Gasteiger partial charge in [0.1, 0.15) is 18.4 Å². The van der Waals surface area contributed by atoms with E-state index in [0.29, 0.717) is 27.5 Å². The van der Waals surface area contributed by atoms with Crippen LogP contribution in [-0.4, -0.2) is 40.6 Å². The number of rotatable bonds is 8. The number of carbonyl (C=O) groups excluding carboxylic acids is 4. The number of benzene rings is 3. The number of fused-ring (bicyclic) bond motifs is 1. The summed E-state index contributed by atoms with van der Waals surface area (Å²) >= 11 is 6.43. The maximum atomic E-state index is 13.9. The minimum absolute atomic E-state index is 0.0265. The standard InChI is InChI=1S/C31H32ClFN4O4/c1-31(2,3)35-30(41)29(20-12-14-22(33)15-13-20)37(18-21-8-4-5-9-23(21)32)28(40)17-16-27(39)36-19-26(38)34-24-10-6-7-11-25(24)36/h4-15,29H,16-19H2,1-3H3,(H,34,38)(H,35,41)/t29-/m0/s1. The maximum Gasteiger partial charge on any atom is 0.247 e. The second-order valence-electron chi connectivity index (χ2n) is 10.9. The Balaban J connectivity index is 1.65. The molecule has 0 unspecified atom stereocenters. The Kier molecular flexibility index (Phi) is 9.08. The Morgan fingerprint density at radius 2 is 1.66 bits per heavy atom. The minimum atomic E-state index is -1.13. The van der Waals surface area contributed by atoms with Crippen LogP contribution in [0.3, 0.4) is 0 Å². The van der Waals surface area contributed by atoms with Gasteiger partial charge in [-0.3, -0.25) is 19.2 Å². The number of amides is 4. The molecule has 0 aliphatic carbocycles. The van der Waals surface area contributed by atoms with Crippen LogP contribution < -0.4 is 15.5 Å². The average Bonchev–Trinajstić information content (AvgIpc) is 2.91. The van der Waals surface area contributed by atoms with Crippen LogP contribution in [0.25, 0.3) is 0 Å². The molecule has 3 aromatic carbocycles. The maximum absolute atomic E-state index is 13.9. The molecular formula is C31H32ClFN4O4. The van der Waals surface area contributed by atoms with E-state index in [1.54, 1.807) is 48.5 Å². The molecule has 0 fully saturated rings. The van der Waals surface area contributed by atoms with Gasteiger partial charge in [-0.15, -0.1) is 0 Å². The lowest BCUT2D eigenvalue weighted by Gasteiger charge is -2.34. The number of halogens is 2. The Labute approximate surface area is 243 Å². The summed E-state index contributed by atoms with van der Waals surface area (Å²) in [7, 11) is 0. The van der Waals surface area contributed by atoms with E-state index in [2.05, 4.69) is 10.6 Å². The predicted molar refractivity (Wildman–Crippen MR) is 156 cm³/mol. The molecular weight excluding hydrogens is 547 g/mol. The van der Waals surface area contributed by atoms with Crippen LogP contribution in [0.1, 0.15) is 50.8 Å². The highest BCUT2D eigenvalue weighted by atomic mass is 35.5. The first kappa shape index (κ1) is 29.7. The molecule has 41 heavy (non-hydrogen) atoms. The molecule has 10 heteroatoms. The topological polar surface area (TPSA) is 98.8 Å². The van der Waals surface area contributed by atoms with Crippen LogP contribution in [0.4, 0.5) is 15.8 Å². The lowest BCUT2D eigenvalue weighted by atomic mass is 10.00. The van der Waals surface area contributed by atoms with Crippen LogP contribution in [0, 0.1) is 5.82 Å². The molecule has 0 bridgehead atoms. The Hall–Kier alpha value is -4.24. The number of para-hydroxylation sites is 2. The predicted octanol–water partition coefficient (Wildman–Crippen LogP) is 5.23. The summed E-state index contributed by atoms with van der Waals surface area (Å²) in [6.45, 7) is 5.26. The molecule has 1 heterocycles. The Morgan fingerprint density at radius 1 is 1.00 bits per heavy atom. The molecule has 214 valence electrons. The summed E-state index contributed by atoms with van der Waals surface area (Å²) < 4.78 is 13.8. The van der Waals surface area contributed by atoms with Gasteiger partial charge in [0.05, 0.1) is 11.4 Å². The van der Waals surface area contributed by atoms with E-state index in [-0.39, 0.29) is 31.8 Å². The third-order valence-corrected chi connectivity index (χ3v) is 6.86. The largest absolute Gasteiger partial charge is 0.349 e. The van der Waals surface area contributed by atoms with E-state index >= 15 is 0 Å². The average molecular weight is 579 g/mol. The molecule has 1 atom stereocenters. The molecule has 4 rings (SSSR count). The molecule has 3 aromatic rings. The second kappa shape index (κ2) is 12.5. The number of carbonyl (C=O) groups is 4. The van der Waals surface area contributed by atoms with Crippen molar-refractivity contribution >= 4 is 46.6 Å². The van der Waals surface area contributed by atoms with E-state index in [1.807, 2.05) is 20.8 Å². The number of hydrogen-bond donors (Lipinski definition) is 2. The zero-order valence-electron chi connectivity index (χ0n) is 23.1. The number of nitrogens with zero attached hydrogens (tertiary/aromatic N) is 2. The van der Waals surface area contributed by atoms with Gasteiger partial charge in [-0.25, -0.2) is 4.39 Å². The first-order valence-corrected chi connectivity index (χ1v) is 13.6. The fraction of sp³-hybridized carbons (Fsp3) is 0.290. The molecule has 4 amide bonds. The monoisotopic (exact) mass is 578 g/mol. The van der Waals surface area contributed by atoms with Gasteiger partial charge in [-0.05, 0) is 62.2 Å². The third-order valence-electron chi connectivity index (χ3n) is 6.49. The smallest absolute Gasteiger partial charge is 0.247 e. The number of anilines is 2. The highest BCUT2D eigenvalue weighted by Gasteiger charge is 2.34. The summed E-state index contributed by atoms with van der Waals surface area (Å²) in [5.74, 6) is -2.16. The van der Waals surface area contributed by atoms with Crippen molar-refractivity contribution in [2.75, 3.05) is 16.8 Å². The number of nitrogens with one attached hydrogen (secondary N) is 2. The molecule has 8 nitrogen and oxygen atoms in total. The van der Waals surface area contributed by atoms with Gasteiger partial charge >= 0.3 is 0 Å². The molecule has 0 aromatic heterocycles. The highest BCUT2D eigenvalue weighted by molar-refractivity contribution is 6.31.